The van der Waals surface area contributed by atoms with Crippen molar-refractivity contribution in [2.45, 2.75) is 26.4 Å². The van der Waals surface area contributed by atoms with Gasteiger partial charge in [-0.15, -0.1) is 0 Å². The number of nitrogens with one attached hydrogen (secondary N) is 2. The number of rotatable bonds is 5. The Morgan fingerprint density at radius 2 is 1.93 bits per heavy atom. The molecule has 3 aromatic rings. The summed E-state index contributed by atoms with van der Waals surface area (Å²) in [5.41, 5.74) is 3.64. The molecule has 0 radical (unpaired) electrons. The number of hydrogen-bond acceptors (Lipinski definition) is 6. The first kappa shape index (κ1) is 19.8. The molecule has 0 spiro atoms. The fraction of sp³-hybridized carbons (Fsp3) is 0.182. The van der Waals surface area contributed by atoms with Gasteiger partial charge in [0.1, 0.15) is 23.0 Å². The smallest absolute Gasteiger partial charge is 0.270 e. The lowest BCUT2D eigenvalue weighted by Gasteiger charge is -2.21. The highest BCUT2D eigenvalue weighted by Gasteiger charge is 2.13. The van der Waals surface area contributed by atoms with Crippen LogP contribution in [-0.2, 0) is 0 Å². The van der Waals surface area contributed by atoms with E-state index in [1.807, 2.05) is 69.3 Å². The maximum Gasteiger partial charge on any atom is 0.270 e. The molecule has 0 bridgehead atoms. The zero-order chi connectivity index (χ0) is 20.9. The standard InChI is InChI=1S/C22H21N5O2/c1-22(2,3)29-17-11-7-8-15(12-17)14-24-27-21-25-19(16-9-5-4-6-10-16)18(13-23)20(28)26-21/h4-12,14H,1-3H3,(H2,25,26,27,28). The molecule has 0 aliphatic heterocycles. The number of nitrogens with zero attached hydrogens (tertiary/aromatic N) is 3. The lowest BCUT2D eigenvalue weighted by atomic mass is 10.1. The number of benzene rings is 2. The average Bonchev–Trinajstić information content (AvgIpc) is 2.67. The summed E-state index contributed by atoms with van der Waals surface area (Å²) in [6.07, 6.45) is 1.59. The van der Waals surface area contributed by atoms with Gasteiger partial charge in [-0.3, -0.25) is 9.78 Å². The van der Waals surface area contributed by atoms with E-state index in [9.17, 15) is 10.1 Å². The van der Waals surface area contributed by atoms with Gasteiger partial charge in [-0.1, -0.05) is 42.5 Å². The van der Waals surface area contributed by atoms with Gasteiger partial charge in [-0.05, 0) is 38.5 Å². The molecule has 0 saturated carbocycles. The number of aromatic amines is 1. The Hall–Kier alpha value is -3.92. The number of hydrogen-bond donors (Lipinski definition) is 2. The van der Waals surface area contributed by atoms with Gasteiger partial charge in [-0.2, -0.15) is 10.4 Å². The van der Waals surface area contributed by atoms with E-state index in [0.29, 0.717) is 11.3 Å². The van der Waals surface area contributed by atoms with Crippen LogP contribution in [0.25, 0.3) is 11.3 Å². The molecule has 0 saturated heterocycles. The molecule has 1 aromatic heterocycles. The summed E-state index contributed by atoms with van der Waals surface area (Å²) < 4.78 is 5.84. The SMILES string of the molecule is CC(C)(C)Oc1cccc(C=NNc2nc(-c3ccccc3)c(C#N)c(=O)[nH]2)c1. The highest BCUT2D eigenvalue weighted by atomic mass is 16.5. The molecule has 7 heteroatoms. The Kier molecular flexibility index (Phi) is 5.74. The van der Waals surface area contributed by atoms with E-state index in [0.717, 1.165) is 11.3 Å². The molecule has 0 unspecified atom stereocenters. The zero-order valence-electron chi connectivity index (χ0n) is 16.4. The number of aromatic nitrogens is 2. The second-order valence-electron chi connectivity index (χ2n) is 7.27. The van der Waals surface area contributed by atoms with Crippen molar-refractivity contribution in [3.8, 4) is 23.1 Å². The van der Waals surface area contributed by atoms with Crippen LogP contribution in [0.2, 0.25) is 0 Å². The van der Waals surface area contributed by atoms with Crippen molar-refractivity contribution in [2.24, 2.45) is 5.10 Å². The number of anilines is 1. The first-order chi connectivity index (χ1) is 13.9. The van der Waals surface area contributed by atoms with Gasteiger partial charge in [0.15, 0.2) is 0 Å². The fourth-order valence-corrected chi connectivity index (χ4v) is 2.61. The minimum Gasteiger partial charge on any atom is -0.488 e. The van der Waals surface area contributed by atoms with E-state index in [-0.39, 0.29) is 17.1 Å². The molecule has 0 fully saturated rings. The van der Waals surface area contributed by atoms with Crippen molar-refractivity contribution in [1.29, 1.82) is 5.26 Å². The second-order valence-corrected chi connectivity index (χ2v) is 7.27. The summed E-state index contributed by atoms with van der Waals surface area (Å²) in [6.45, 7) is 5.94. The first-order valence-corrected chi connectivity index (χ1v) is 9.04. The van der Waals surface area contributed by atoms with E-state index >= 15 is 0 Å². The summed E-state index contributed by atoms with van der Waals surface area (Å²) in [6, 6.07) is 18.5. The van der Waals surface area contributed by atoms with E-state index in [4.69, 9.17) is 4.74 Å². The molecular weight excluding hydrogens is 366 g/mol. The minimum atomic E-state index is -0.528. The zero-order valence-corrected chi connectivity index (χ0v) is 16.4. The third-order valence-electron chi connectivity index (χ3n) is 3.74. The minimum absolute atomic E-state index is 0.0437. The van der Waals surface area contributed by atoms with Crippen molar-refractivity contribution in [3.05, 3.63) is 76.1 Å². The van der Waals surface area contributed by atoms with Crippen LogP contribution >= 0.6 is 0 Å². The summed E-state index contributed by atoms with van der Waals surface area (Å²) in [5.74, 6) is 0.879. The Bertz CT molecular complexity index is 1120. The molecule has 0 atom stereocenters. The van der Waals surface area contributed by atoms with Gasteiger partial charge in [0.25, 0.3) is 5.56 Å². The molecule has 1 heterocycles. The van der Waals surface area contributed by atoms with Crippen molar-refractivity contribution in [2.75, 3.05) is 5.43 Å². The molecule has 0 amide bonds. The number of hydrazone groups is 1. The van der Waals surface area contributed by atoms with E-state index in [2.05, 4.69) is 20.5 Å². The third-order valence-corrected chi connectivity index (χ3v) is 3.74. The van der Waals surface area contributed by atoms with Crippen molar-refractivity contribution in [1.82, 2.24) is 9.97 Å². The lowest BCUT2D eigenvalue weighted by Crippen LogP contribution is -2.22. The molecule has 0 aliphatic rings. The normalized spacial score (nSPS) is 11.2. The topological polar surface area (TPSA) is 103 Å². The van der Waals surface area contributed by atoms with Crippen LogP contribution in [0.5, 0.6) is 5.75 Å². The number of nitriles is 1. The number of ether oxygens (including phenoxy) is 1. The second kappa shape index (κ2) is 8.40. The van der Waals surface area contributed by atoms with Crippen LogP contribution in [0, 0.1) is 11.3 Å². The predicted octanol–water partition coefficient (Wildman–Crippen LogP) is 3.93. The fourth-order valence-electron chi connectivity index (χ4n) is 2.61. The maximum atomic E-state index is 12.2. The largest absolute Gasteiger partial charge is 0.488 e. The molecule has 29 heavy (non-hydrogen) atoms. The van der Waals surface area contributed by atoms with Crippen LogP contribution in [0.3, 0.4) is 0 Å². The van der Waals surface area contributed by atoms with Crippen LogP contribution in [0.4, 0.5) is 5.95 Å². The molecule has 3 rings (SSSR count). The third kappa shape index (κ3) is 5.30. The van der Waals surface area contributed by atoms with Crippen LogP contribution < -0.4 is 15.7 Å². The van der Waals surface area contributed by atoms with Gasteiger partial charge in [0.2, 0.25) is 5.95 Å². The Labute approximate surface area is 168 Å². The van der Waals surface area contributed by atoms with Crippen LogP contribution in [-0.4, -0.2) is 21.8 Å². The molecule has 7 nitrogen and oxygen atoms in total. The molecule has 2 aromatic carbocycles. The maximum absolute atomic E-state index is 12.2. The summed E-state index contributed by atoms with van der Waals surface area (Å²) in [7, 11) is 0. The monoisotopic (exact) mass is 387 g/mol. The van der Waals surface area contributed by atoms with Gasteiger partial charge < -0.3 is 4.74 Å². The van der Waals surface area contributed by atoms with Crippen molar-refractivity contribution < 1.29 is 4.74 Å². The van der Waals surface area contributed by atoms with Gasteiger partial charge in [0.05, 0.1) is 11.9 Å². The van der Waals surface area contributed by atoms with Crippen LogP contribution in [0.1, 0.15) is 31.9 Å². The van der Waals surface area contributed by atoms with Gasteiger partial charge in [0, 0.05) is 5.56 Å². The van der Waals surface area contributed by atoms with E-state index < -0.39 is 5.56 Å². The van der Waals surface area contributed by atoms with Gasteiger partial charge in [-0.25, -0.2) is 10.4 Å². The van der Waals surface area contributed by atoms with Gasteiger partial charge >= 0.3 is 0 Å². The Morgan fingerprint density at radius 1 is 1.17 bits per heavy atom. The molecular formula is C22H21N5O2. The van der Waals surface area contributed by atoms with Crippen molar-refractivity contribution in [3.63, 3.8) is 0 Å². The predicted molar refractivity (Wildman–Crippen MR) is 113 cm³/mol. The summed E-state index contributed by atoms with van der Waals surface area (Å²) in [5, 5.41) is 13.4. The first-order valence-electron chi connectivity index (χ1n) is 9.04. The summed E-state index contributed by atoms with van der Waals surface area (Å²) in [4.78, 5) is 19.1. The van der Waals surface area contributed by atoms with E-state index in [1.54, 1.807) is 18.3 Å². The molecule has 0 aliphatic carbocycles. The van der Waals surface area contributed by atoms with Crippen molar-refractivity contribution >= 4 is 12.2 Å². The number of H-pyrrole nitrogens is 1. The lowest BCUT2D eigenvalue weighted by molar-refractivity contribution is 0.131. The summed E-state index contributed by atoms with van der Waals surface area (Å²) >= 11 is 0. The molecule has 2 N–H and O–H groups in total. The highest BCUT2D eigenvalue weighted by molar-refractivity contribution is 5.80. The quantitative estimate of drug-likeness (QED) is 0.510. The Balaban J connectivity index is 1.83. The highest BCUT2D eigenvalue weighted by Crippen LogP contribution is 2.20. The van der Waals surface area contributed by atoms with E-state index in [1.165, 1.54) is 0 Å². The van der Waals surface area contributed by atoms with Crippen LogP contribution in [0.15, 0.2) is 64.5 Å². The molecule has 146 valence electrons. The average molecular weight is 387 g/mol. The Morgan fingerprint density at radius 3 is 2.62 bits per heavy atom.